The molecule has 0 unspecified atom stereocenters. The van der Waals surface area contributed by atoms with Crippen LogP contribution in [-0.4, -0.2) is 26.4 Å². The third-order valence-electron chi connectivity index (χ3n) is 1.90. The molecule has 0 aliphatic heterocycles. The monoisotopic (exact) mass is 192 g/mol. The van der Waals surface area contributed by atoms with E-state index in [0.717, 1.165) is 11.4 Å². The Hall–Kier alpha value is -1.51. The first kappa shape index (κ1) is 10.6. The lowest BCUT2D eigenvalue weighted by Gasteiger charge is -2.13. The molecule has 3 heteroatoms. The SMILES string of the molecule is CC(=O)CNc1cccc(N(C)C)c1. The summed E-state index contributed by atoms with van der Waals surface area (Å²) in [4.78, 5) is 12.8. The summed E-state index contributed by atoms with van der Waals surface area (Å²) in [5, 5.41) is 3.06. The number of nitrogens with zero attached hydrogens (tertiary/aromatic N) is 1. The summed E-state index contributed by atoms with van der Waals surface area (Å²) < 4.78 is 0. The van der Waals surface area contributed by atoms with Crippen molar-refractivity contribution < 1.29 is 4.79 Å². The largest absolute Gasteiger partial charge is 0.378 e. The zero-order valence-corrected chi connectivity index (χ0v) is 8.87. The number of benzene rings is 1. The minimum absolute atomic E-state index is 0.139. The minimum Gasteiger partial charge on any atom is -0.378 e. The first-order valence-electron chi connectivity index (χ1n) is 4.60. The maximum Gasteiger partial charge on any atom is 0.148 e. The molecular formula is C11H16N2O. The molecule has 0 atom stereocenters. The zero-order chi connectivity index (χ0) is 10.6. The van der Waals surface area contributed by atoms with Crippen LogP contribution in [0.15, 0.2) is 24.3 Å². The molecular weight excluding hydrogens is 176 g/mol. The van der Waals surface area contributed by atoms with Gasteiger partial charge in [0, 0.05) is 25.5 Å². The van der Waals surface area contributed by atoms with E-state index in [4.69, 9.17) is 0 Å². The molecule has 1 N–H and O–H groups in total. The summed E-state index contributed by atoms with van der Waals surface area (Å²) in [6, 6.07) is 7.97. The summed E-state index contributed by atoms with van der Waals surface area (Å²) in [6.45, 7) is 1.96. The van der Waals surface area contributed by atoms with Gasteiger partial charge < -0.3 is 10.2 Å². The van der Waals surface area contributed by atoms with Crippen LogP contribution in [0, 0.1) is 0 Å². The summed E-state index contributed by atoms with van der Waals surface area (Å²) in [7, 11) is 3.98. The van der Waals surface area contributed by atoms with Gasteiger partial charge in [-0.15, -0.1) is 0 Å². The second-order valence-corrected chi connectivity index (χ2v) is 3.50. The van der Waals surface area contributed by atoms with Crippen LogP contribution in [0.1, 0.15) is 6.92 Å². The van der Waals surface area contributed by atoms with Gasteiger partial charge in [-0.1, -0.05) is 6.07 Å². The van der Waals surface area contributed by atoms with Crippen molar-refractivity contribution in [3.05, 3.63) is 24.3 Å². The second kappa shape index (κ2) is 4.65. The quantitative estimate of drug-likeness (QED) is 0.788. The Morgan fingerprint density at radius 1 is 1.43 bits per heavy atom. The molecule has 0 fully saturated rings. The molecule has 0 saturated carbocycles. The molecule has 1 rings (SSSR count). The molecule has 14 heavy (non-hydrogen) atoms. The predicted octanol–water partition coefficient (Wildman–Crippen LogP) is 1.75. The van der Waals surface area contributed by atoms with Crippen molar-refractivity contribution in [2.45, 2.75) is 6.92 Å². The summed E-state index contributed by atoms with van der Waals surface area (Å²) >= 11 is 0. The van der Waals surface area contributed by atoms with E-state index in [2.05, 4.69) is 5.32 Å². The van der Waals surface area contributed by atoms with E-state index in [0.29, 0.717) is 6.54 Å². The van der Waals surface area contributed by atoms with Crippen LogP contribution in [0.2, 0.25) is 0 Å². The molecule has 0 radical (unpaired) electrons. The Morgan fingerprint density at radius 2 is 2.14 bits per heavy atom. The van der Waals surface area contributed by atoms with Crippen LogP contribution in [0.25, 0.3) is 0 Å². The maximum atomic E-state index is 10.8. The van der Waals surface area contributed by atoms with Crippen LogP contribution in [0.4, 0.5) is 11.4 Å². The first-order valence-corrected chi connectivity index (χ1v) is 4.60. The average Bonchev–Trinajstić information content (AvgIpc) is 2.15. The van der Waals surface area contributed by atoms with Gasteiger partial charge in [-0.05, 0) is 25.1 Å². The number of rotatable bonds is 4. The highest BCUT2D eigenvalue weighted by Crippen LogP contribution is 2.16. The molecule has 0 aliphatic rings. The number of Topliss-reactive ketones (excluding diaryl/α,β-unsaturated/α-hetero) is 1. The third kappa shape index (κ3) is 3.09. The Bertz CT molecular complexity index is 321. The summed E-state index contributed by atoms with van der Waals surface area (Å²) in [5.74, 6) is 0.139. The van der Waals surface area contributed by atoms with Gasteiger partial charge in [0.1, 0.15) is 5.78 Å². The smallest absolute Gasteiger partial charge is 0.148 e. The maximum absolute atomic E-state index is 10.8. The molecule has 0 amide bonds. The van der Waals surface area contributed by atoms with Crippen molar-refractivity contribution in [1.29, 1.82) is 0 Å². The molecule has 1 aromatic carbocycles. The lowest BCUT2D eigenvalue weighted by atomic mass is 10.2. The minimum atomic E-state index is 0.139. The van der Waals surface area contributed by atoms with E-state index in [1.54, 1.807) is 6.92 Å². The van der Waals surface area contributed by atoms with E-state index in [1.165, 1.54) is 0 Å². The second-order valence-electron chi connectivity index (χ2n) is 3.50. The fourth-order valence-electron chi connectivity index (χ4n) is 1.12. The van der Waals surface area contributed by atoms with Crippen LogP contribution >= 0.6 is 0 Å². The van der Waals surface area contributed by atoms with Gasteiger partial charge in [0.2, 0.25) is 0 Å². The highest BCUT2D eigenvalue weighted by atomic mass is 16.1. The number of hydrogen-bond acceptors (Lipinski definition) is 3. The van der Waals surface area contributed by atoms with Gasteiger partial charge in [0.05, 0.1) is 6.54 Å². The molecule has 0 saturated heterocycles. The summed E-state index contributed by atoms with van der Waals surface area (Å²) in [6.07, 6.45) is 0. The van der Waals surface area contributed by atoms with Crippen molar-refractivity contribution >= 4 is 17.2 Å². The Labute approximate surface area is 84.7 Å². The number of ketones is 1. The number of carbonyl (C=O) groups excluding carboxylic acids is 1. The Morgan fingerprint density at radius 3 is 2.71 bits per heavy atom. The standard InChI is InChI=1S/C11H16N2O/c1-9(14)8-12-10-5-4-6-11(7-10)13(2)3/h4-7,12H,8H2,1-3H3. The molecule has 0 heterocycles. The van der Waals surface area contributed by atoms with Gasteiger partial charge >= 0.3 is 0 Å². The lowest BCUT2D eigenvalue weighted by molar-refractivity contribution is -0.115. The van der Waals surface area contributed by atoms with E-state index in [-0.39, 0.29) is 5.78 Å². The molecule has 0 bridgehead atoms. The van der Waals surface area contributed by atoms with Gasteiger partial charge in [-0.3, -0.25) is 4.79 Å². The van der Waals surface area contributed by atoms with Gasteiger partial charge in [-0.25, -0.2) is 0 Å². The Balaban J connectivity index is 2.68. The number of carbonyl (C=O) groups is 1. The first-order chi connectivity index (χ1) is 6.59. The number of anilines is 2. The fraction of sp³-hybridized carbons (Fsp3) is 0.364. The number of nitrogens with one attached hydrogen (secondary N) is 1. The number of hydrogen-bond donors (Lipinski definition) is 1. The van der Waals surface area contributed by atoms with E-state index < -0.39 is 0 Å². The van der Waals surface area contributed by atoms with Crippen molar-refractivity contribution in [1.82, 2.24) is 0 Å². The normalized spacial score (nSPS) is 9.64. The van der Waals surface area contributed by atoms with Gasteiger partial charge in [0.25, 0.3) is 0 Å². The highest BCUT2D eigenvalue weighted by molar-refractivity contribution is 5.80. The molecule has 1 aromatic rings. The van der Waals surface area contributed by atoms with Gasteiger partial charge in [0.15, 0.2) is 0 Å². The predicted molar refractivity (Wildman–Crippen MR) is 59.9 cm³/mol. The lowest BCUT2D eigenvalue weighted by Crippen LogP contribution is -2.11. The zero-order valence-electron chi connectivity index (χ0n) is 8.87. The topological polar surface area (TPSA) is 32.3 Å². The molecule has 0 aliphatic carbocycles. The third-order valence-corrected chi connectivity index (χ3v) is 1.90. The van der Waals surface area contributed by atoms with E-state index >= 15 is 0 Å². The van der Waals surface area contributed by atoms with E-state index in [1.807, 2.05) is 43.3 Å². The van der Waals surface area contributed by atoms with Gasteiger partial charge in [-0.2, -0.15) is 0 Å². The van der Waals surface area contributed by atoms with E-state index in [9.17, 15) is 4.79 Å². The van der Waals surface area contributed by atoms with Crippen LogP contribution < -0.4 is 10.2 Å². The average molecular weight is 192 g/mol. The van der Waals surface area contributed by atoms with Crippen molar-refractivity contribution in [2.75, 3.05) is 30.9 Å². The van der Waals surface area contributed by atoms with Crippen molar-refractivity contribution in [3.8, 4) is 0 Å². The Kier molecular flexibility index (Phi) is 3.51. The van der Waals surface area contributed by atoms with Crippen molar-refractivity contribution in [2.24, 2.45) is 0 Å². The van der Waals surface area contributed by atoms with Crippen LogP contribution in [0.3, 0.4) is 0 Å². The van der Waals surface area contributed by atoms with Crippen LogP contribution in [-0.2, 0) is 4.79 Å². The van der Waals surface area contributed by atoms with Crippen molar-refractivity contribution in [3.63, 3.8) is 0 Å². The molecule has 3 nitrogen and oxygen atoms in total. The summed E-state index contributed by atoms with van der Waals surface area (Å²) in [5.41, 5.74) is 2.10. The molecule has 0 aromatic heterocycles. The molecule has 0 spiro atoms. The highest BCUT2D eigenvalue weighted by Gasteiger charge is 1.97. The molecule has 76 valence electrons. The van der Waals surface area contributed by atoms with Crippen LogP contribution in [0.5, 0.6) is 0 Å². The fourth-order valence-corrected chi connectivity index (χ4v) is 1.12.